The molecule has 3 atom stereocenters. The number of carboxylic acid groups (broad SMARTS) is 1. The van der Waals surface area contributed by atoms with Crippen molar-refractivity contribution >= 4 is 12.1 Å². The molecular formula is C25H24N2O4. The number of nitrogens with one attached hydrogen (secondary N) is 1. The van der Waals surface area contributed by atoms with Crippen LogP contribution in [0.5, 0.6) is 0 Å². The number of aromatic nitrogens is 1. The Bertz CT molecular complexity index is 1020. The average Bonchev–Trinajstić information content (AvgIpc) is 3.15. The van der Waals surface area contributed by atoms with Gasteiger partial charge < -0.3 is 15.2 Å². The summed E-state index contributed by atoms with van der Waals surface area (Å²) in [6, 6.07) is 22.9. The standard InChI is InChI=1S/C25H24N2O4/c28-24-20(14-18-9-11-19(12-10-18)21-8-4-5-13-26-21)16-23(31-24)22(27-25(29)30)15-17-6-2-1-3-7-17/h1-13,20,22-23,27H,14-16H2,(H,29,30)/t20?,22-,23-/m0/s1. The molecule has 1 unspecified atom stereocenters. The quantitative estimate of drug-likeness (QED) is 0.566. The number of carbonyl (C=O) groups is 2. The SMILES string of the molecule is O=C(O)N[C@@H](Cc1ccccc1)[C@@H]1CC(Cc2ccc(-c3ccccn3)cc2)C(=O)O1. The summed E-state index contributed by atoms with van der Waals surface area (Å²) < 4.78 is 5.60. The number of nitrogens with zero attached hydrogens (tertiary/aromatic N) is 1. The van der Waals surface area contributed by atoms with E-state index in [0.29, 0.717) is 19.3 Å². The summed E-state index contributed by atoms with van der Waals surface area (Å²) in [5.74, 6) is -0.566. The van der Waals surface area contributed by atoms with E-state index in [-0.39, 0.29) is 11.9 Å². The molecule has 158 valence electrons. The van der Waals surface area contributed by atoms with Crippen molar-refractivity contribution in [2.75, 3.05) is 0 Å². The van der Waals surface area contributed by atoms with E-state index in [2.05, 4.69) is 10.3 Å². The van der Waals surface area contributed by atoms with Gasteiger partial charge in [0.1, 0.15) is 6.10 Å². The highest BCUT2D eigenvalue weighted by molar-refractivity contribution is 5.75. The lowest BCUT2D eigenvalue weighted by atomic mass is 9.91. The maximum Gasteiger partial charge on any atom is 0.405 e. The highest BCUT2D eigenvalue weighted by atomic mass is 16.6. The minimum absolute atomic E-state index is 0.274. The van der Waals surface area contributed by atoms with E-state index in [4.69, 9.17) is 4.74 Å². The summed E-state index contributed by atoms with van der Waals surface area (Å²) in [5, 5.41) is 11.8. The number of esters is 1. The van der Waals surface area contributed by atoms with Crippen LogP contribution in [0, 0.1) is 5.92 Å². The van der Waals surface area contributed by atoms with E-state index in [9.17, 15) is 14.7 Å². The van der Waals surface area contributed by atoms with Crippen LogP contribution in [0.2, 0.25) is 0 Å². The van der Waals surface area contributed by atoms with E-state index >= 15 is 0 Å². The Morgan fingerprint density at radius 3 is 2.45 bits per heavy atom. The van der Waals surface area contributed by atoms with Crippen molar-refractivity contribution in [3.8, 4) is 11.3 Å². The fraction of sp³-hybridized carbons (Fsp3) is 0.240. The number of carbonyl (C=O) groups excluding carboxylic acids is 1. The second-order valence-corrected chi connectivity index (χ2v) is 7.77. The lowest BCUT2D eigenvalue weighted by Gasteiger charge is -2.22. The maximum absolute atomic E-state index is 12.5. The van der Waals surface area contributed by atoms with Gasteiger partial charge in [0.25, 0.3) is 0 Å². The molecule has 3 aromatic rings. The van der Waals surface area contributed by atoms with Gasteiger partial charge in [-0.15, -0.1) is 0 Å². The molecule has 6 nitrogen and oxygen atoms in total. The predicted octanol–water partition coefficient (Wildman–Crippen LogP) is 4.10. The molecule has 1 fully saturated rings. The number of hydrogen-bond acceptors (Lipinski definition) is 4. The number of ether oxygens (including phenoxy) is 1. The van der Waals surface area contributed by atoms with Gasteiger partial charge >= 0.3 is 12.1 Å². The minimum atomic E-state index is -1.12. The summed E-state index contributed by atoms with van der Waals surface area (Å²) in [6.45, 7) is 0. The molecule has 4 rings (SSSR count). The third-order valence-corrected chi connectivity index (χ3v) is 5.57. The Labute approximate surface area is 180 Å². The molecule has 6 heteroatoms. The first-order valence-electron chi connectivity index (χ1n) is 10.3. The first-order chi connectivity index (χ1) is 15.1. The van der Waals surface area contributed by atoms with Crippen molar-refractivity contribution < 1.29 is 19.4 Å². The number of amides is 1. The fourth-order valence-corrected chi connectivity index (χ4v) is 4.01. The van der Waals surface area contributed by atoms with Crippen molar-refractivity contribution in [1.29, 1.82) is 0 Å². The van der Waals surface area contributed by atoms with Crippen molar-refractivity contribution in [3.05, 3.63) is 90.1 Å². The van der Waals surface area contributed by atoms with Gasteiger partial charge in [0.15, 0.2) is 0 Å². The van der Waals surface area contributed by atoms with Gasteiger partial charge in [-0.25, -0.2) is 4.79 Å². The Morgan fingerprint density at radius 1 is 1.03 bits per heavy atom. The molecule has 0 aliphatic carbocycles. The van der Waals surface area contributed by atoms with Crippen molar-refractivity contribution in [1.82, 2.24) is 10.3 Å². The topological polar surface area (TPSA) is 88.5 Å². The second kappa shape index (κ2) is 9.43. The van der Waals surface area contributed by atoms with Crippen LogP contribution in [0.1, 0.15) is 17.5 Å². The monoisotopic (exact) mass is 416 g/mol. The normalized spacial score (nSPS) is 18.9. The van der Waals surface area contributed by atoms with E-state index in [1.165, 1.54) is 0 Å². The highest BCUT2D eigenvalue weighted by Gasteiger charge is 2.39. The Morgan fingerprint density at radius 2 is 1.77 bits per heavy atom. The van der Waals surface area contributed by atoms with Crippen LogP contribution >= 0.6 is 0 Å². The van der Waals surface area contributed by atoms with Crippen LogP contribution in [0.25, 0.3) is 11.3 Å². The molecule has 0 bridgehead atoms. The number of rotatable bonds is 7. The van der Waals surface area contributed by atoms with E-state index < -0.39 is 18.2 Å². The smallest absolute Gasteiger partial charge is 0.405 e. The molecule has 31 heavy (non-hydrogen) atoms. The van der Waals surface area contributed by atoms with Gasteiger partial charge in [0.2, 0.25) is 0 Å². The van der Waals surface area contributed by atoms with Crippen LogP contribution in [0.4, 0.5) is 4.79 Å². The maximum atomic E-state index is 12.5. The molecular weight excluding hydrogens is 392 g/mol. The molecule has 0 saturated carbocycles. The zero-order valence-corrected chi connectivity index (χ0v) is 17.0. The van der Waals surface area contributed by atoms with Crippen LogP contribution in [0.3, 0.4) is 0 Å². The second-order valence-electron chi connectivity index (χ2n) is 7.77. The van der Waals surface area contributed by atoms with Gasteiger partial charge in [-0.1, -0.05) is 60.7 Å². The van der Waals surface area contributed by atoms with E-state index in [0.717, 1.165) is 22.4 Å². The Balaban J connectivity index is 1.42. The number of hydrogen-bond donors (Lipinski definition) is 2. The van der Waals surface area contributed by atoms with Crippen LogP contribution < -0.4 is 5.32 Å². The molecule has 1 aliphatic heterocycles. The van der Waals surface area contributed by atoms with Gasteiger partial charge in [-0.2, -0.15) is 0 Å². The Hall–Kier alpha value is -3.67. The third-order valence-electron chi connectivity index (χ3n) is 5.57. The van der Waals surface area contributed by atoms with Gasteiger partial charge in [-0.05, 0) is 36.1 Å². The first kappa shape index (κ1) is 20.6. The van der Waals surface area contributed by atoms with Crippen LogP contribution in [-0.4, -0.2) is 34.3 Å². The summed E-state index contributed by atoms with van der Waals surface area (Å²) in [7, 11) is 0. The first-order valence-corrected chi connectivity index (χ1v) is 10.3. The minimum Gasteiger partial charge on any atom is -0.465 e. The van der Waals surface area contributed by atoms with Gasteiger partial charge in [0.05, 0.1) is 17.7 Å². The summed E-state index contributed by atoms with van der Waals surface area (Å²) in [6.07, 6.45) is 1.67. The zero-order valence-electron chi connectivity index (χ0n) is 17.0. The lowest BCUT2D eigenvalue weighted by Crippen LogP contribution is -2.44. The van der Waals surface area contributed by atoms with Crippen molar-refractivity contribution in [2.24, 2.45) is 5.92 Å². The molecule has 1 saturated heterocycles. The molecule has 2 heterocycles. The highest BCUT2D eigenvalue weighted by Crippen LogP contribution is 2.29. The molecule has 1 amide bonds. The van der Waals surface area contributed by atoms with E-state index in [1.807, 2.05) is 72.8 Å². The number of benzene rings is 2. The van der Waals surface area contributed by atoms with Crippen molar-refractivity contribution in [2.45, 2.75) is 31.4 Å². The molecule has 0 radical (unpaired) electrons. The van der Waals surface area contributed by atoms with Gasteiger partial charge in [-0.3, -0.25) is 9.78 Å². The fourth-order valence-electron chi connectivity index (χ4n) is 4.01. The zero-order chi connectivity index (χ0) is 21.6. The van der Waals surface area contributed by atoms with Crippen LogP contribution in [0.15, 0.2) is 79.0 Å². The van der Waals surface area contributed by atoms with Crippen molar-refractivity contribution in [3.63, 3.8) is 0 Å². The summed E-state index contributed by atoms with van der Waals surface area (Å²) in [5.41, 5.74) is 3.95. The molecule has 2 aromatic carbocycles. The average molecular weight is 416 g/mol. The Kier molecular flexibility index (Phi) is 6.26. The third kappa shape index (κ3) is 5.28. The number of pyridine rings is 1. The van der Waals surface area contributed by atoms with E-state index in [1.54, 1.807) is 6.20 Å². The largest absolute Gasteiger partial charge is 0.465 e. The molecule has 2 N–H and O–H groups in total. The van der Waals surface area contributed by atoms with Crippen LogP contribution in [-0.2, 0) is 22.4 Å². The lowest BCUT2D eigenvalue weighted by molar-refractivity contribution is -0.145. The molecule has 1 aliphatic rings. The van der Waals surface area contributed by atoms with Gasteiger partial charge in [0, 0.05) is 18.2 Å². The molecule has 0 spiro atoms. The predicted molar refractivity (Wildman–Crippen MR) is 116 cm³/mol. The number of cyclic esters (lactones) is 1. The summed E-state index contributed by atoms with van der Waals surface area (Å²) >= 11 is 0. The summed E-state index contributed by atoms with van der Waals surface area (Å²) in [4.78, 5) is 28.2. The molecule has 1 aromatic heterocycles.